The molecular formula is C25H29N3O3. The predicted octanol–water partition coefficient (Wildman–Crippen LogP) is 4.60. The van der Waals surface area contributed by atoms with Crippen molar-refractivity contribution in [3.05, 3.63) is 76.6 Å². The molecule has 162 valence electrons. The molecule has 1 saturated heterocycles. The fourth-order valence-corrected chi connectivity index (χ4v) is 4.40. The Morgan fingerprint density at radius 3 is 2.58 bits per heavy atom. The largest absolute Gasteiger partial charge is 0.493 e. The number of likely N-dealkylation sites (tertiary alicyclic amines) is 1. The van der Waals surface area contributed by atoms with Crippen LogP contribution in [0, 0.1) is 13.8 Å². The van der Waals surface area contributed by atoms with E-state index in [0.29, 0.717) is 23.7 Å². The number of hydrogen-bond donors (Lipinski definition) is 0. The maximum Gasteiger partial charge on any atom is 0.254 e. The van der Waals surface area contributed by atoms with E-state index in [-0.39, 0.29) is 11.9 Å². The van der Waals surface area contributed by atoms with Crippen molar-refractivity contribution in [2.75, 3.05) is 13.7 Å². The van der Waals surface area contributed by atoms with Crippen molar-refractivity contribution in [3.63, 3.8) is 0 Å². The van der Waals surface area contributed by atoms with E-state index < -0.39 is 0 Å². The van der Waals surface area contributed by atoms with Gasteiger partial charge in [0.25, 0.3) is 5.91 Å². The summed E-state index contributed by atoms with van der Waals surface area (Å²) < 4.78 is 13.4. The lowest BCUT2D eigenvalue weighted by Gasteiger charge is -2.26. The van der Waals surface area contributed by atoms with E-state index >= 15 is 0 Å². The van der Waals surface area contributed by atoms with Crippen LogP contribution in [0.2, 0.25) is 0 Å². The van der Waals surface area contributed by atoms with Gasteiger partial charge in [0.2, 0.25) is 0 Å². The lowest BCUT2D eigenvalue weighted by atomic mass is 10.0. The van der Waals surface area contributed by atoms with Gasteiger partial charge in [-0.1, -0.05) is 30.3 Å². The Morgan fingerprint density at radius 1 is 1.13 bits per heavy atom. The van der Waals surface area contributed by atoms with E-state index in [1.165, 1.54) is 5.56 Å². The van der Waals surface area contributed by atoms with Gasteiger partial charge in [0.05, 0.1) is 18.8 Å². The fraction of sp³-hybridized carbons (Fsp3) is 0.360. The molecule has 1 atom stereocenters. The molecule has 1 aliphatic heterocycles. The monoisotopic (exact) mass is 419 g/mol. The van der Waals surface area contributed by atoms with Crippen LogP contribution in [0.3, 0.4) is 0 Å². The Balaban J connectivity index is 1.55. The first-order valence-electron chi connectivity index (χ1n) is 10.7. The van der Waals surface area contributed by atoms with E-state index in [2.05, 4.69) is 12.0 Å². The summed E-state index contributed by atoms with van der Waals surface area (Å²) in [6, 6.07) is 15.4. The minimum atomic E-state index is 0.0121. The molecule has 0 radical (unpaired) electrons. The van der Waals surface area contributed by atoms with Gasteiger partial charge in [0, 0.05) is 30.4 Å². The second kappa shape index (κ2) is 8.84. The highest BCUT2D eigenvalue weighted by Gasteiger charge is 2.34. The lowest BCUT2D eigenvalue weighted by Crippen LogP contribution is -2.31. The second-order valence-electron chi connectivity index (χ2n) is 8.00. The third kappa shape index (κ3) is 4.15. The van der Waals surface area contributed by atoms with Crippen LogP contribution >= 0.6 is 0 Å². The number of aryl methyl sites for hydroxylation is 2. The van der Waals surface area contributed by atoms with Gasteiger partial charge < -0.3 is 14.4 Å². The Bertz CT molecular complexity index is 1080. The Labute approximate surface area is 183 Å². The first-order chi connectivity index (χ1) is 15.0. The van der Waals surface area contributed by atoms with Crippen LogP contribution in [-0.4, -0.2) is 34.2 Å². The molecule has 2 aromatic carbocycles. The molecule has 3 aromatic rings. The smallest absolute Gasteiger partial charge is 0.254 e. The van der Waals surface area contributed by atoms with Crippen LogP contribution in [-0.2, 0) is 13.7 Å². The molecule has 6 nitrogen and oxygen atoms in total. The summed E-state index contributed by atoms with van der Waals surface area (Å²) in [6.45, 7) is 5.27. The number of benzene rings is 2. The number of aromatic nitrogens is 2. The van der Waals surface area contributed by atoms with Crippen LogP contribution in [0.15, 0.2) is 48.5 Å². The highest BCUT2D eigenvalue weighted by atomic mass is 16.5. The van der Waals surface area contributed by atoms with Gasteiger partial charge in [0.1, 0.15) is 6.61 Å². The Hall–Kier alpha value is -3.28. The first kappa shape index (κ1) is 21.0. The van der Waals surface area contributed by atoms with Crippen LogP contribution < -0.4 is 9.47 Å². The third-order valence-electron chi connectivity index (χ3n) is 6.06. The molecule has 1 aromatic heterocycles. The number of carbonyl (C=O) groups is 1. The molecule has 0 saturated carbocycles. The molecular weight excluding hydrogens is 390 g/mol. The molecule has 0 N–H and O–H groups in total. The van der Waals surface area contributed by atoms with Crippen molar-refractivity contribution < 1.29 is 14.3 Å². The molecule has 1 unspecified atom stereocenters. The summed E-state index contributed by atoms with van der Waals surface area (Å²) in [5.74, 6) is 1.20. The van der Waals surface area contributed by atoms with Crippen LogP contribution in [0.5, 0.6) is 11.5 Å². The summed E-state index contributed by atoms with van der Waals surface area (Å²) in [5.41, 5.74) is 4.96. The van der Waals surface area contributed by atoms with Gasteiger partial charge in [-0.05, 0) is 50.5 Å². The molecule has 31 heavy (non-hydrogen) atoms. The predicted molar refractivity (Wildman–Crippen MR) is 119 cm³/mol. The van der Waals surface area contributed by atoms with Crippen LogP contribution in [0.4, 0.5) is 0 Å². The lowest BCUT2D eigenvalue weighted by molar-refractivity contribution is 0.0734. The summed E-state index contributed by atoms with van der Waals surface area (Å²) in [6.07, 6.45) is 1.94. The molecule has 6 heteroatoms. The van der Waals surface area contributed by atoms with Crippen molar-refractivity contribution in [1.29, 1.82) is 0 Å². The van der Waals surface area contributed by atoms with E-state index in [0.717, 1.165) is 36.3 Å². The average Bonchev–Trinajstić information content (AvgIpc) is 3.36. The summed E-state index contributed by atoms with van der Waals surface area (Å²) in [7, 11) is 3.55. The van der Waals surface area contributed by atoms with Gasteiger partial charge in [-0.3, -0.25) is 9.48 Å². The van der Waals surface area contributed by atoms with Crippen molar-refractivity contribution in [1.82, 2.24) is 14.7 Å². The van der Waals surface area contributed by atoms with Crippen LogP contribution in [0.1, 0.15) is 51.8 Å². The molecule has 1 aliphatic rings. The molecule has 0 bridgehead atoms. The SMILES string of the molecule is COc1cc(C(=O)N2CCCC2c2c(C)nn(C)c2C)ccc1OCc1ccccc1. The Morgan fingerprint density at radius 2 is 1.90 bits per heavy atom. The molecule has 0 spiro atoms. The van der Waals surface area contributed by atoms with Crippen molar-refractivity contribution in [2.45, 2.75) is 39.3 Å². The minimum Gasteiger partial charge on any atom is -0.493 e. The van der Waals surface area contributed by atoms with E-state index in [9.17, 15) is 4.79 Å². The van der Waals surface area contributed by atoms with Gasteiger partial charge in [0.15, 0.2) is 11.5 Å². The summed E-state index contributed by atoms with van der Waals surface area (Å²) in [5, 5.41) is 4.55. The number of ether oxygens (including phenoxy) is 2. The molecule has 0 aliphatic carbocycles. The quantitative estimate of drug-likeness (QED) is 0.586. The Kier molecular flexibility index (Phi) is 5.98. The second-order valence-corrected chi connectivity index (χ2v) is 8.00. The van der Waals surface area contributed by atoms with E-state index in [1.54, 1.807) is 13.2 Å². The number of rotatable bonds is 6. The molecule has 1 fully saturated rings. The zero-order chi connectivity index (χ0) is 22.0. The van der Waals surface area contributed by atoms with Crippen molar-refractivity contribution in [2.24, 2.45) is 7.05 Å². The third-order valence-corrected chi connectivity index (χ3v) is 6.06. The zero-order valence-corrected chi connectivity index (χ0v) is 18.6. The topological polar surface area (TPSA) is 56.6 Å². The molecule has 2 heterocycles. The maximum atomic E-state index is 13.4. The van der Waals surface area contributed by atoms with Crippen molar-refractivity contribution >= 4 is 5.91 Å². The van der Waals surface area contributed by atoms with E-state index in [1.807, 2.05) is 66.0 Å². The standard InChI is InChI=1S/C25H29N3O3/c1-17-24(18(2)27(3)26-17)21-11-8-14-28(21)25(29)20-12-13-22(23(15-20)30-4)31-16-19-9-6-5-7-10-19/h5-7,9-10,12-13,15,21H,8,11,14,16H2,1-4H3. The van der Waals surface area contributed by atoms with Gasteiger partial charge in [-0.25, -0.2) is 0 Å². The normalized spacial score (nSPS) is 15.9. The van der Waals surface area contributed by atoms with E-state index in [4.69, 9.17) is 9.47 Å². The summed E-state index contributed by atoms with van der Waals surface area (Å²) >= 11 is 0. The molecule has 1 amide bonds. The van der Waals surface area contributed by atoms with Crippen LogP contribution in [0.25, 0.3) is 0 Å². The minimum absolute atomic E-state index is 0.0121. The number of carbonyl (C=O) groups excluding carboxylic acids is 1. The van der Waals surface area contributed by atoms with Gasteiger partial charge in [-0.15, -0.1) is 0 Å². The van der Waals surface area contributed by atoms with Gasteiger partial charge in [-0.2, -0.15) is 5.10 Å². The average molecular weight is 420 g/mol. The highest BCUT2D eigenvalue weighted by molar-refractivity contribution is 5.95. The maximum absolute atomic E-state index is 13.4. The molecule has 4 rings (SSSR count). The highest BCUT2D eigenvalue weighted by Crippen LogP contribution is 2.37. The number of hydrogen-bond acceptors (Lipinski definition) is 4. The zero-order valence-electron chi connectivity index (χ0n) is 18.6. The first-order valence-corrected chi connectivity index (χ1v) is 10.7. The number of amides is 1. The van der Waals surface area contributed by atoms with Crippen molar-refractivity contribution in [3.8, 4) is 11.5 Å². The van der Waals surface area contributed by atoms with Gasteiger partial charge >= 0.3 is 0 Å². The number of methoxy groups -OCH3 is 1. The summed E-state index contributed by atoms with van der Waals surface area (Å²) in [4.78, 5) is 15.4. The number of nitrogens with zero attached hydrogens (tertiary/aromatic N) is 3. The fourth-order valence-electron chi connectivity index (χ4n) is 4.40.